The van der Waals surface area contributed by atoms with E-state index in [9.17, 15) is 9.18 Å². The van der Waals surface area contributed by atoms with Gasteiger partial charge in [-0.25, -0.2) is 4.39 Å². The van der Waals surface area contributed by atoms with Crippen molar-refractivity contribution in [3.8, 4) is 0 Å². The maximum absolute atomic E-state index is 14.1. The summed E-state index contributed by atoms with van der Waals surface area (Å²) in [6.45, 7) is 1.89. The Bertz CT molecular complexity index is 720. The summed E-state index contributed by atoms with van der Waals surface area (Å²) < 4.78 is 14.1. The number of hydrogen-bond acceptors (Lipinski definition) is 2. The van der Waals surface area contributed by atoms with Crippen LogP contribution in [0, 0.1) is 5.82 Å². The van der Waals surface area contributed by atoms with Crippen molar-refractivity contribution in [3.63, 3.8) is 0 Å². The van der Waals surface area contributed by atoms with Crippen LogP contribution in [0.1, 0.15) is 17.2 Å². The Balaban J connectivity index is 1.71. The maximum Gasteiger partial charge on any atom is 0.227 e. The Morgan fingerprint density at radius 1 is 1.17 bits per heavy atom. The number of rotatable bonds is 3. The zero-order valence-electron chi connectivity index (χ0n) is 13.6. The average molecular weight is 347 g/mol. The highest BCUT2D eigenvalue weighted by Crippen LogP contribution is 2.26. The molecule has 0 saturated carbocycles. The topological polar surface area (TPSA) is 23.6 Å². The number of amides is 1. The average Bonchev–Trinajstić information content (AvgIpc) is 2.58. The van der Waals surface area contributed by atoms with E-state index in [-0.39, 0.29) is 17.8 Å². The minimum absolute atomic E-state index is 0.0618. The van der Waals surface area contributed by atoms with Gasteiger partial charge in [0.05, 0.1) is 12.5 Å². The molecule has 0 aliphatic carbocycles. The predicted octanol–water partition coefficient (Wildman–Crippen LogP) is 3.54. The van der Waals surface area contributed by atoms with Crippen LogP contribution in [0.3, 0.4) is 0 Å². The van der Waals surface area contributed by atoms with Crippen molar-refractivity contribution < 1.29 is 9.18 Å². The molecular weight excluding hydrogens is 327 g/mol. The van der Waals surface area contributed by atoms with Crippen LogP contribution in [-0.4, -0.2) is 42.4 Å². The summed E-state index contributed by atoms with van der Waals surface area (Å²) in [5, 5.41) is 0.658. The van der Waals surface area contributed by atoms with E-state index in [2.05, 4.69) is 4.90 Å². The maximum atomic E-state index is 14.1. The summed E-state index contributed by atoms with van der Waals surface area (Å²) in [6.07, 6.45) is 0.338. The van der Waals surface area contributed by atoms with E-state index >= 15 is 0 Å². The zero-order chi connectivity index (χ0) is 17.1. The minimum atomic E-state index is -0.221. The molecule has 1 unspecified atom stereocenters. The van der Waals surface area contributed by atoms with Crippen molar-refractivity contribution in [2.75, 3.05) is 26.7 Å². The van der Waals surface area contributed by atoms with Gasteiger partial charge in [-0.15, -0.1) is 0 Å². The lowest BCUT2D eigenvalue weighted by atomic mass is 10.0. The summed E-state index contributed by atoms with van der Waals surface area (Å²) in [5.74, 6) is -0.159. The summed E-state index contributed by atoms with van der Waals surface area (Å²) in [5.41, 5.74) is 1.58. The molecule has 3 rings (SSSR count). The van der Waals surface area contributed by atoms with E-state index in [1.54, 1.807) is 24.3 Å². The fraction of sp³-hybridized carbons (Fsp3) is 0.316. The second kappa shape index (κ2) is 7.32. The van der Waals surface area contributed by atoms with Gasteiger partial charge in [0.25, 0.3) is 0 Å². The Morgan fingerprint density at radius 3 is 2.58 bits per heavy atom. The quantitative estimate of drug-likeness (QED) is 0.848. The molecule has 0 spiro atoms. The molecule has 3 nitrogen and oxygen atoms in total. The van der Waals surface area contributed by atoms with Gasteiger partial charge in [-0.1, -0.05) is 41.9 Å². The van der Waals surface area contributed by atoms with E-state index in [1.165, 1.54) is 6.07 Å². The SMILES string of the molecule is CN1CCN(C(=O)Cc2ccc(Cl)cc2)CC1c1ccccc1F. The largest absolute Gasteiger partial charge is 0.339 e. The number of halogens is 2. The van der Waals surface area contributed by atoms with Gasteiger partial charge in [0.2, 0.25) is 5.91 Å². The third-order valence-corrected chi connectivity index (χ3v) is 4.79. The molecule has 0 aromatic heterocycles. The van der Waals surface area contributed by atoms with Crippen LogP contribution in [0.5, 0.6) is 0 Å². The molecular formula is C19H20ClFN2O. The molecule has 0 bridgehead atoms. The molecule has 24 heavy (non-hydrogen) atoms. The van der Waals surface area contributed by atoms with Crippen LogP contribution in [0.4, 0.5) is 4.39 Å². The summed E-state index contributed by atoms with van der Waals surface area (Å²) in [4.78, 5) is 16.5. The van der Waals surface area contributed by atoms with Gasteiger partial charge in [0.15, 0.2) is 0 Å². The standard InChI is InChI=1S/C19H20ClFN2O/c1-22-10-11-23(13-18(22)16-4-2-3-5-17(16)21)19(24)12-14-6-8-15(20)9-7-14/h2-9,18H,10-13H2,1H3. The number of benzene rings is 2. The van der Waals surface area contributed by atoms with Crippen molar-refractivity contribution in [1.29, 1.82) is 0 Å². The molecule has 1 amide bonds. The van der Waals surface area contributed by atoms with Crippen LogP contribution in [0.25, 0.3) is 0 Å². The number of carbonyl (C=O) groups excluding carboxylic acids is 1. The molecule has 1 heterocycles. The Kier molecular flexibility index (Phi) is 5.17. The van der Waals surface area contributed by atoms with Crippen LogP contribution >= 0.6 is 11.6 Å². The van der Waals surface area contributed by atoms with Crippen LogP contribution in [0.2, 0.25) is 5.02 Å². The van der Waals surface area contributed by atoms with Gasteiger partial charge in [0.1, 0.15) is 5.82 Å². The van der Waals surface area contributed by atoms with Gasteiger partial charge in [-0.3, -0.25) is 9.69 Å². The number of piperazine rings is 1. The molecule has 2 aromatic rings. The first-order valence-electron chi connectivity index (χ1n) is 8.01. The van der Waals surface area contributed by atoms with Gasteiger partial charge in [0, 0.05) is 30.2 Å². The molecule has 0 radical (unpaired) electrons. The third kappa shape index (κ3) is 3.77. The fourth-order valence-corrected chi connectivity index (χ4v) is 3.20. The smallest absolute Gasteiger partial charge is 0.227 e. The number of carbonyl (C=O) groups is 1. The van der Waals surface area contributed by atoms with Crippen molar-refractivity contribution >= 4 is 17.5 Å². The molecule has 1 aliphatic heterocycles. The van der Waals surface area contributed by atoms with Crippen LogP contribution < -0.4 is 0 Å². The minimum Gasteiger partial charge on any atom is -0.339 e. The van der Waals surface area contributed by atoms with Gasteiger partial charge in [-0.2, -0.15) is 0 Å². The molecule has 1 atom stereocenters. The molecule has 5 heteroatoms. The molecule has 1 fully saturated rings. The van der Waals surface area contributed by atoms with Crippen molar-refractivity contribution in [2.45, 2.75) is 12.5 Å². The molecule has 2 aromatic carbocycles. The Hall–Kier alpha value is -1.91. The first-order valence-corrected chi connectivity index (χ1v) is 8.39. The lowest BCUT2D eigenvalue weighted by molar-refractivity contribution is -0.133. The lowest BCUT2D eigenvalue weighted by Gasteiger charge is -2.39. The normalized spacial score (nSPS) is 18.6. The van der Waals surface area contributed by atoms with E-state index in [1.807, 2.05) is 30.1 Å². The summed E-state index contributed by atoms with van der Waals surface area (Å²) in [6, 6.07) is 14.0. The van der Waals surface area contributed by atoms with E-state index in [4.69, 9.17) is 11.6 Å². The van der Waals surface area contributed by atoms with Crippen molar-refractivity contribution in [2.24, 2.45) is 0 Å². The van der Waals surface area contributed by atoms with Crippen molar-refractivity contribution in [1.82, 2.24) is 9.80 Å². The first kappa shape index (κ1) is 16.9. The number of nitrogens with zero attached hydrogens (tertiary/aromatic N) is 2. The molecule has 0 N–H and O–H groups in total. The summed E-state index contributed by atoms with van der Waals surface area (Å²) >= 11 is 5.88. The van der Waals surface area contributed by atoms with E-state index in [0.717, 1.165) is 12.1 Å². The molecule has 1 aliphatic rings. The Morgan fingerprint density at radius 2 is 1.88 bits per heavy atom. The van der Waals surface area contributed by atoms with Crippen LogP contribution in [0.15, 0.2) is 48.5 Å². The highest BCUT2D eigenvalue weighted by atomic mass is 35.5. The van der Waals surface area contributed by atoms with E-state index < -0.39 is 0 Å². The third-order valence-electron chi connectivity index (χ3n) is 4.53. The van der Waals surface area contributed by atoms with Crippen molar-refractivity contribution in [3.05, 3.63) is 70.5 Å². The highest BCUT2D eigenvalue weighted by Gasteiger charge is 2.29. The lowest BCUT2D eigenvalue weighted by Crippen LogP contribution is -2.49. The highest BCUT2D eigenvalue weighted by molar-refractivity contribution is 6.30. The first-order chi connectivity index (χ1) is 11.5. The number of likely N-dealkylation sites (N-methyl/N-ethyl adjacent to an activating group) is 1. The van der Waals surface area contributed by atoms with Crippen LogP contribution in [-0.2, 0) is 11.2 Å². The zero-order valence-corrected chi connectivity index (χ0v) is 14.3. The molecule has 1 saturated heterocycles. The second-order valence-corrected chi connectivity index (χ2v) is 6.60. The number of hydrogen-bond donors (Lipinski definition) is 0. The second-order valence-electron chi connectivity index (χ2n) is 6.16. The summed E-state index contributed by atoms with van der Waals surface area (Å²) in [7, 11) is 1.97. The fourth-order valence-electron chi connectivity index (χ4n) is 3.07. The van der Waals surface area contributed by atoms with Gasteiger partial charge >= 0.3 is 0 Å². The van der Waals surface area contributed by atoms with E-state index in [0.29, 0.717) is 30.1 Å². The van der Waals surface area contributed by atoms with Gasteiger partial charge in [-0.05, 0) is 30.8 Å². The van der Waals surface area contributed by atoms with Gasteiger partial charge < -0.3 is 4.90 Å². The monoisotopic (exact) mass is 346 g/mol. The molecule has 126 valence electrons. The Labute approximate surface area is 146 Å². The predicted molar refractivity (Wildman–Crippen MR) is 93.5 cm³/mol.